The summed E-state index contributed by atoms with van der Waals surface area (Å²) in [4.78, 5) is 27.9. The van der Waals surface area contributed by atoms with E-state index in [1.807, 2.05) is 19.1 Å². The molecule has 2 aromatic heterocycles. The first-order valence-corrected chi connectivity index (χ1v) is 9.40. The highest BCUT2D eigenvalue weighted by molar-refractivity contribution is 6.33. The number of fused-ring (bicyclic) bond motifs is 1. The van der Waals surface area contributed by atoms with E-state index in [-0.39, 0.29) is 11.5 Å². The van der Waals surface area contributed by atoms with E-state index in [9.17, 15) is 9.59 Å². The number of carbonyl (C=O) groups excluding carboxylic acids is 1. The number of aryl methyl sites for hydroxylation is 2. The molecule has 0 radical (unpaired) electrons. The van der Waals surface area contributed by atoms with E-state index < -0.39 is 0 Å². The average molecular weight is 408 g/mol. The van der Waals surface area contributed by atoms with Crippen molar-refractivity contribution in [1.29, 1.82) is 0 Å². The number of carbonyl (C=O) groups is 1. The van der Waals surface area contributed by atoms with E-state index in [0.29, 0.717) is 44.4 Å². The van der Waals surface area contributed by atoms with Crippen LogP contribution < -0.4 is 10.9 Å². The summed E-state index contributed by atoms with van der Waals surface area (Å²) in [5, 5.41) is 8.29. The predicted molar refractivity (Wildman–Crippen MR) is 114 cm³/mol. The van der Waals surface area contributed by atoms with E-state index in [0.717, 1.165) is 10.9 Å². The molecule has 4 rings (SSSR count). The quantitative estimate of drug-likeness (QED) is 0.499. The Morgan fingerprint density at radius 3 is 2.62 bits per heavy atom. The number of aromatic nitrogens is 2. The summed E-state index contributed by atoms with van der Waals surface area (Å²) >= 11 is 6.27. The van der Waals surface area contributed by atoms with Crippen LogP contribution >= 0.6 is 11.6 Å². The minimum Gasteiger partial charge on any atom is -0.360 e. The molecule has 0 saturated heterocycles. The molecular formula is C22H18ClN3O3. The summed E-state index contributed by atoms with van der Waals surface area (Å²) in [7, 11) is 0. The van der Waals surface area contributed by atoms with Crippen LogP contribution in [0.25, 0.3) is 22.2 Å². The normalized spacial score (nSPS) is 11.0. The minimum atomic E-state index is -0.371. The zero-order chi connectivity index (χ0) is 20.7. The van der Waals surface area contributed by atoms with Crippen molar-refractivity contribution >= 4 is 34.1 Å². The van der Waals surface area contributed by atoms with E-state index in [4.69, 9.17) is 16.1 Å². The van der Waals surface area contributed by atoms with Gasteiger partial charge in [0.1, 0.15) is 17.0 Å². The van der Waals surface area contributed by atoms with Gasteiger partial charge in [0, 0.05) is 22.2 Å². The van der Waals surface area contributed by atoms with Gasteiger partial charge in [0.05, 0.1) is 10.5 Å². The van der Waals surface area contributed by atoms with Crippen LogP contribution in [0, 0.1) is 20.8 Å². The molecule has 4 aromatic rings. The van der Waals surface area contributed by atoms with E-state index in [2.05, 4.69) is 15.5 Å². The molecule has 7 heteroatoms. The number of H-pyrrole nitrogens is 1. The molecule has 6 nitrogen and oxygen atoms in total. The Bertz CT molecular complexity index is 1320. The van der Waals surface area contributed by atoms with Crippen molar-refractivity contribution in [2.24, 2.45) is 0 Å². The number of benzene rings is 2. The van der Waals surface area contributed by atoms with Crippen LogP contribution in [0.1, 0.15) is 27.2 Å². The van der Waals surface area contributed by atoms with Gasteiger partial charge < -0.3 is 14.8 Å². The monoisotopic (exact) mass is 407 g/mol. The van der Waals surface area contributed by atoms with Crippen molar-refractivity contribution in [1.82, 2.24) is 10.1 Å². The summed E-state index contributed by atoms with van der Waals surface area (Å²) in [6, 6.07) is 12.5. The van der Waals surface area contributed by atoms with Gasteiger partial charge in [-0.05, 0) is 44.5 Å². The molecule has 0 bridgehead atoms. The summed E-state index contributed by atoms with van der Waals surface area (Å²) < 4.78 is 5.26. The Morgan fingerprint density at radius 1 is 1.10 bits per heavy atom. The highest BCUT2D eigenvalue weighted by atomic mass is 35.5. The average Bonchev–Trinajstić information content (AvgIpc) is 3.08. The number of pyridine rings is 1. The minimum absolute atomic E-state index is 0.144. The second kappa shape index (κ2) is 7.22. The number of hydrogen-bond acceptors (Lipinski definition) is 4. The summed E-state index contributed by atoms with van der Waals surface area (Å²) in [6.45, 7) is 5.36. The molecular weight excluding hydrogens is 390 g/mol. The maximum atomic E-state index is 13.0. The lowest BCUT2D eigenvalue weighted by molar-refractivity contribution is 0.102. The fraction of sp³-hybridized carbons (Fsp3) is 0.136. The molecule has 2 N–H and O–H groups in total. The van der Waals surface area contributed by atoms with Crippen molar-refractivity contribution in [3.63, 3.8) is 0 Å². The fourth-order valence-corrected chi connectivity index (χ4v) is 3.54. The highest BCUT2D eigenvalue weighted by Crippen LogP contribution is 2.31. The maximum Gasteiger partial charge on any atom is 0.261 e. The number of aromatic amines is 1. The van der Waals surface area contributed by atoms with Crippen LogP contribution in [0.2, 0.25) is 5.02 Å². The first-order chi connectivity index (χ1) is 13.9. The summed E-state index contributed by atoms with van der Waals surface area (Å²) in [6.07, 6.45) is 0. The lowest BCUT2D eigenvalue weighted by Crippen LogP contribution is -2.14. The molecule has 2 aromatic carbocycles. The molecule has 0 spiro atoms. The Balaban J connectivity index is 1.73. The van der Waals surface area contributed by atoms with Crippen LogP contribution in [-0.2, 0) is 0 Å². The molecule has 29 heavy (non-hydrogen) atoms. The predicted octanol–water partition coefficient (Wildman–Crippen LogP) is 5.01. The Hall–Kier alpha value is -3.38. The molecule has 0 aliphatic heterocycles. The number of amides is 1. The smallest absolute Gasteiger partial charge is 0.261 e. The van der Waals surface area contributed by atoms with Crippen molar-refractivity contribution in [3.05, 3.63) is 80.3 Å². The Morgan fingerprint density at radius 2 is 1.86 bits per heavy atom. The molecule has 0 atom stereocenters. The second-order valence-corrected chi connectivity index (χ2v) is 7.27. The lowest BCUT2D eigenvalue weighted by atomic mass is 10.0. The largest absolute Gasteiger partial charge is 0.360 e. The zero-order valence-corrected chi connectivity index (χ0v) is 16.8. The topological polar surface area (TPSA) is 88.0 Å². The van der Waals surface area contributed by atoms with Crippen LogP contribution in [0.15, 0.2) is 51.8 Å². The van der Waals surface area contributed by atoms with E-state index in [1.165, 1.54) is 0 Å². The van der Waals surface area contributed by atoms with Crippen LogP contribution in [0.5, 0.6) is 0 Å². The Kier molecular flexibility index (Phi) is 4.72. The molecule has 0 fully saturated rings. The van der Waals surface area contributed by atoms with Gasteiger partial charge in [-0.25, -0.2) is 0 Å². The molecule has 0 unspecified atom stereocenters. The number of halogens is 1. The molecule has 146 valence electrons. The van der Waals surface area contributed by atoms with Gasteiger partial charge in [0.15, 0.2) is 0 Å². The third-order valence-corrected chi connectivity index (χ3v) is 5.38. The van der Waals surface area contributed by atoms with Crippen LogP contribution in [0.3, 0.4) is 0 Å². The summed E-state index contributed by atoms with van der Waals surface area (Å²) in [5.74, 6) is 0.0160. The van der Waals surface area contributed by atoms with Gasteiger partial charge in [-0.3, -0.25) is 9.59 Å². The van der Waals surface area contributed by atoms with Crippen molar-refractivity contribution in [3.8, 4) is 11.3 Å². The molecule has 2 heterocycles. The van der Waals surface area contributed by atoms with Crippen molar-refractivity contribution < 1.29 is 9.32 Å². The van der Waals surface area contributed by atoms with Crippen molar-refractivity contribution in [2.45, 2.75) is 20.8 Å². The Labute approximate surface area is 171 Å². The van der Waals surface area contributed by atoms with E-state index >= 15 is 0 Å². The third kappa shape index (κ3) is 3.32. The van der Waals surface area contributed by atoms with E-state index in [1.54, 1.807) is 44.2 Å². The zero-order valence-electron chi connectivity index (χ0n) is 16.1. The maximum absolute atomic E-state index is 13.0. The SMILES string of the molecule is Cc1onc(-c2ccccc2Cl)c1C(=O)Nc1ccc2c(C)c(C)c(=O)[nH]c2c1. The van der Waals surface area contributed by atoms with Gasteiger partial charge in [-0.1, -0.05) is 41.0 Å². The highest BCUT2D eigenvalue weighted by Gasteiger charge is 2.23. The molecule has 0 aliphatic carbocycles. The van der Waals surface area contributed by atoms with Crippen LogP contribution in [0.4, 0.5) is 5.69 Å². The number of anilines is 1. The van der Waals surface area contributed by atoms with Gasteiger partial charge in [-0.15, -0.1) is 0 Å². The first-order valence-electron chi connectivity index (χ1n) is 9.02. The van der Waals surface area contributed by atoms with Crippen LogP contribution in [-0.4, -0.2) is 16.0 Å². The number of nitrogens with one attached hydrogen (secondary N) is 2. The third-order valence-electron chi connectivity index (χ3n) is 5.05. The van der Waals surface area contributed by atoms with Gasteiger partial charge in [-0.2, -0.15) is 0 Å². The van der Waals surface area contributed by atoms with Crippen molar-refractivity contribution in [2.75, 3.05) is 5.32 Å². The number of nitrogens with zero attached hydrogens (tertiary/aromatic N) is 1. The molecule has 0 aliphatic rings. The van der Waals surface area contributed by atoms with Gasteiger partial charge in [0.25, 0.3) is 11.5 Å². The fourth-order valence-electron chi connectivity index (χ4n) is 3.31. The number of rotatable bonds is 3. The number of hydrogen-bond donors (Lipinski definition) is 2. The standard InChI is InChI=1S/C22H18ClN3O3/c1-11-12(2)21(27)25-18-10-14(8-9-15(11)18)24-22(28)19-13(3)29-26-20(19)16-6-4-5-7-17(16)23/h4-10H,1-3H3,(H,24,28)(H,25,27). The second-order valence-electron chi connectivity index (χ2n) is 6.86. The molecule has 0 saturated carbocycles. The first kappa shape index (κ1) is 19.0. The summed E-state index contributed by atoms with van der Waals surface area (Å²) in [5.41, 5.74) is 3.96. The lowest BCUT2D eigenvalue weighted by Gasteiger charge is -2.10. The molecule has 1 amide bonds. The van der Waals surface area contributed by atoms with Gasteiger partial charge in [0.2, 0.25) is 0 Å². The van der Waals surface area contributed by atoms with Gasteiger partial charge >= 0.3 is 0 Å².